The van der Waals surface area contributed by atoms with Crippen molar-refractivity contribution in [3.63, 3.8) is 0 Å². The fourth-order valence-electron chi connectivity index (χ4n) is 3.59. The largest absolute Gasteiger partial charge is 0.481 e. The Kier molecular flexibility index (Phi) is 3.88. The van der Waals surface area contributed by atoms with Gasteiger partial charge in [-0.1, -0.05) is 0 Å². The number of rotatable bonds is 3. The maximum Gasteiger partial charge on any atom is 0.410 e. The summed E-state index contributed by atoms with van der Waals surface area (Å²) in [6, 6.07) is 0.131. The predicted molar refractivity (Wildman–Crippen MR) is 84.6 cm³/mol. The van der Waals surface area contributed by atoms with Gasteiger partial charge in [0.2, 0.25) is 0 Å². The van der Waals surface area contributed by atoms with Gasteiger partial charge < -0.3 is 24.5 Å². The molecule has 1 N–H and O–H groups in total. The van der Waals surface area contributed by atoms with Crippen molar-refractivity contribution in [1.29, 1.82) is 0 Å². The van der Waals surface area contributed by atoms with E-state index in [2.05, 4.69) is 0 Å². The minimum absolute atomic E-state index is 0.0948. The Morgan fingerprint density at radius 3 is 2.46 bits per heavy atom. The number of carboxylic acids is 1. The van der Waals surface area contributed by atoms with Crippen molar-refractivity contribution in [3.8, 4) is 0 Å². The summed E-state index contributed by atoms with van der Waals surface area (Å²) in [5, 5.41) is 9.35. The third-order valence-corrected chi connectivity index (χ3v) is 4.71. The van der Waals surface area contributed by atoms with Crippen LogP contribution in [0.5, 0.6) is 0 Å². The van der Waals surface area contributed by atoms with E-state index in [1.54, 1.807) is 30.6 Å². The Balaban J connectivity index is 1.80. The molecule has 3 rings (SSSR count). The molecule has 8 heteroatoms. The molecule has 2 saturated heterocycles. The quantitative estimate of drug-likeness (QED) is 0.838. The average Bonchev–Trinajstić information content (AvgIpc) is 3.22. The molecule has 0 aromatic rings. The third-order valence-electron chi connectivity index (χ3n) is 4.71. The van der Waals surface area contributed by atoms with Gasteiger partial charge in [0.25, 0.3) is 0 Å². The molecule has 2 aliphatic heterocycles. The summed E-state index contributed by atoms with van der Waals surface area (Å²) in [7, 11) is 0. The molecule has 0 spiro atoms. The highest BCUT2D eigenvalue weighted by Gasteiger charge is 2.57. The molecule has 3 aliphatic rings. The van der Waals surface area contributed by atoms with Crippen molar-refractivity contribution >= 4 is 18.1 Å². The van der Waals surface area contributed by atoms with Crippen LogP contribution in [0.4, 0.5) is 9.59 Å². The first kappa shape index (κ1) is 16.9. The fraction of sp³-hybridized carbons (Fsp3) is 0.812. The van der Waals surface area contributed by atoms with Crippen LogP contribution in [-0.4, -0.2) is 81.3 Å². The molecule has 0 bridgehead atoms. The zero-order valence-corrected chi connectivity index (χ0v) is 14.4. The number of ether oxygens (including phenoxy) is 1. The zero-order chi connectivity index (χ0) is 17.7. The van der Waals surface area contributed by atoms with Crippen LogP contribution in [0.3, 0.4) is 0 Å². The molecular weight excluding hydrogens is 314 g/mol. The summed E-state index contributed by atoms with van der Waals surface area (Å²) < 4.78 is 5.41. The molecular formula is C16H25N3O5. The van der Waals surface area contributed by atoms with Gasteiger partial charge in [0.15, 0.2) is 0 Å². The molecule has 0 radical (unpaired) electrons. The van der Waals surface area contributed by atoms with Crippen LogP contribution in [0.2, 0.25) is 0 Å². The second kappa shape index (κ2) is 5.53. The number of hydrogen-bond acceptors (Lipinski definition) is 4. The van der Waals surface area contributed by atoms with E-state index in [4.69, 9.17) is 4.74 Å². The molecule has 3 amide bonds. The maximum absolute atomic E-state index is 12.6. The fourth-order valence-corrected chi connectivity index (χ4v) is 3.59. The van der Waals surface area contributed by atoms with Crippen molar-refractivity contribution < 1.29 is 24.2 Å². The summed E-state index contributed by atoms with van der Waals surface area (Å²) >= 11 is 0. The molecule has 134 valence electrons. The Bertz CT molecular complexity index is 569. The summed E-state index contributed by atoms with van der Waals surface area (Å²) in [6.45, 7) is 6.65. The van der Waals surface area contributed by atoms with Crippen molar-refractivity contribution in [1.82, 2.24) is 14.7 Å². The normalized spacial score (nSPS) is 27.3. The molecule has 3 fully saturated rings. The Morgan fingerprint density at radius 2 is 1.92 bits per heavy atom. The van der Waals surface area contributed by atoms with Gasteiger partial charge in [-0.15, -0.1) is 0 Å². The summed E-state index contributed by atoms with van der Waals surface area (Å²) in [5.74, 6) is -0.962. The second-order valence-electron chi connectivity index (χ2n) is 7.99. The predicted octanol–water partition coefficient (Wildman–Crippen LogP) is 1.35. The average molecular weight is 339 g/mol. The lowest BCUT2D eigenvalue weighted by atomic mass is 9.91. The Morgan fingerprint density at radius 1 is 1.25 bits per heavy atom. The summed E-state index contributed by atoms with van der Waals surface area (Å²) in [4.78, 5) is 41.4. The first-order valence-corrected chi connectivity index (χ1v) is 8.39. The second-order valence-corrected chi connectivity index (χ2v) is 7.99. The van der Waals surface area contributed by atoms with Gasteiger partial charge in [0.05, 0.1) is 12.0 Å². The van der Waals surface area contributed by atoms with Gasteiger partial charge >= 0.3 is 18.1 Å². The number of nitrogens with zero attached hydrogens (tertiary/aromatic N) is 3. The molecule has 1 atom stereocenters. The Hall–Kier alpha value is -1.99. The third kappa shape index (κ3) is 3.14. The van der Waals surface area contributed by atoms with Crippen LogP contribution < -0.4 is 0 Å². The lowest BCUT2D eigenvalue weighted by Gasteiger charge is -2.45. The van der Waals surface area contributed by atoms with Crippen molar-refractivity contribution in [3.05, 3.63) is 0 Å². The smallest absolute Gasteiger partial charge is 0.410 e. The monoisotopic (exact) mass is 339 g/mol. The van der Waals surface area contributed by atoms with E-state index in [0.717, 1.165) is 12.8 Å². The highest BCUT2D eigenvalue weighted by Crippen LogP contribution is 2.39. The summed E-state index contributed by atoms with van der Waals surface area (Å²) in [5.41, 5.74) is -1.47. The van der Waals surface area contributed by atoms with Crippen LogP contribution in [0, 0.1) is 0 Å². The molecule has 0 aromatic heterocycles. The van der Waals surface area contributed by atoms with E-state index in [1.165, 1.54) is 4.90 Å². The van der Waals surface area contributed by atoms with Gasteiger partial charge in [-0.25, -0.2) is 9.59 Å². The SMILES string of the molecule is CC(C)(C)OC(=O)N1CCN2C(=O)N(C3CC3)CC2(CC(=O)O)C1. The highest BCUT2D eigenvalue weighted by atomic mass is 16.6. The van der Waals surface area contributed by atoms with Gasteiger partial charge in [0.1, 0.15) is 5.60 Å². The molecule has 1 aliphatic carbocycles. The number of piperazine rings is 1. The van der Waals surface area contributed by atoms with Gasteiger partial charge in [-0.2, -0.15) is 0 Å². The van der Waals surface area contributed by atoms with Crippen molar-refractivity contribution in [2.24, 2.45) is 0 Å². The van der Waals surface area contributed by atoms with E-state index in [0.29, 0.717) is 19.6 Å². The number of carboxylic acid groups (broad SMARTS) is 1. The van der Waals surface area contributed by atoms with Gasteiger partial charge in [-0.05, 0) is 33.6 Å². The van der Waals surface area contributed by atoms with E-state index >= 15 is 0 Å². The number of urea groups is 1. The van der Waals surface area contributed by atoms with E-state index in [-0.39, 0.29) is 25.0 Å². The molecule has 2 heterocycles. The molecule has 0 aromatic carbocycles. The lowest BCUT2D eigenvalue weighted by Crippen LogP contribution is -2.63. The van der Waals surface area contributed by atoms with Crippen LogP contribution >= 0.6 is 0 Å². The molecule has 1 unspecified atom stereocenters. The number of fused-ring (bicyclic) bond motifs is 1. The van der Waals surface area contributed by atoms with Crippen LogP contribution in [0.25, 0.3) is 0 Å². The molecule has 24 heavy (non-hydrogen) atoms. The number of amides is 3. The first-order valence-electron chi connectivity index (χ1n) is 8.39. The Labute approximate surface area is 141 Å². The van der Waals surface area contributed by atoms with Crippen molar-refractivity contribution in [2.45, 2.75) is 57.2 Å². The van der Waals surface area contributed by atoms with Crippen LogP contribution in [0.1, 0.15) is 40.0 Å². The highest BCUT2D eigenvalue weighted by molar-refractivity contribution is 5.82. The van der Waals surface area contributed by atoms with Crippen LogP contribution in [0.15, 0.2) is 0 Å². The molecule has 8 nitrogen and oxygen atoms in total. The van der Waals surface area contributed by atoms with Crippen molar-refractivity contribution in [2.75, 3.05) is 26.2 Å². The van der Waals surface area contributed by atoms with Crippen LogP contribution in [-0.2, 0) is 9.53 Å². The number of carbonyl (C=O) groups is 3. The maximum atomic E-state index is 12.6. The van der Waals surface area contributed by atoms with E-state index in [1.807, 2.05) is 0 Å². The van der Waals surface area contributed by atoms with E-state index in [9.17, 15) is 19.5 Å². The zero-order valence-electron chi connectivity index (χ0n) is 14.4. The number of aliphatic carboxylic acids is 1. The minimum atomic E-state index is -0.962. The molecule has 1 saturated carbocycles. The topological polar surface area (TPSA) is 90.4 Å². The van der Waals surface area contributed by atoms with Gasteiger partial charge in [-0.3, -0.25) is 4.79 Å². The number of hydrogen-bond donors (Lipinski definition) is 1. The first-order chi connectivity index (χ1) is 11.1. The standard InChI is InChI=1S/C16H25N3O5/c1-15(2,3)24-14(23)17-6-7-19-13(22)18(11-4-5-11)10-16(19,9-17)8-12(20)21/h11H,4-10H2,1-3H3,(H,20,21). The number of carbonyl (C=O) groups excluding carboxylic acids is 2. The van der Waals surface area contributed by atoms with Gasteiger partial charge in [0, 0.05) is 32.2 Å². The summed E-state index contributed by atoms with van der Waals surface area (Å²) in [6.07, 6.45) is 1.32. The minimum Gasteiger partial charge on any atom is -0.481 e. The lowest BCUT2D eigenvalue weighted by molar-refractivity contribution is -0.140. The van der Waals surface area contributed by atoms with E-state index < -0.39 is 23.2 Å².